The molecular weight excluding hydrogens is 298 g/mol. The van der Waals surface area contributed by atoms with Gasteiger partial charge in [-0.2, -0.15) is 0 Å². The van der Waals surface area contributed by atoms with E-state index in [1.54, 1.807) is 0 Å². The van der Waals surface area contributed by atoms with E-state index in [4.69, 9.17) is 4.52 Å². The number of aryl methyl sites for hydroxylation is 2. The van der Waals surface area contributed by atoms with E-state index in [0.717, 1.165) is 49.4 Å². The molecule has 1 saturated heterocycles. The van der Waals surface area contributed by atoms with Gasteiger partial charge in [0, 0.05) is 43.8 Å². The fourth-order valence-electron chi connectivity index (χ4n) is 3.47. The second-order valence-electron chi connectivity index (χ2n) is 6.68. The van der Waals surface area contributed by atoms with Crippen molar-refractivity contribution in [2.24, 2.45) is 0 Å². The van der Waals surface area contributed by atoms with Crippen LogP contribution >= 0.6 is 0 Å². The van der Waals surface area contributed by atoms with E-state index in [-0.39, 0.29) is 0 Å². The van der Waals surface area contributed by atoms with Crippen LogP contribution in [0, 0.1) is 13.8 Å². The van der Waals surface area contributed by atoms with Crippen molar-refractivity contribution < 1.29 is 4.52 Å². The fourth-order valence-corrected chi connectivity index (χ4v) is 3.47. The third kappa shape index (κ3) is 2.89. The van der Waals surface area contributed by atoms with E-state index in [0.29, 0.717) is 0 Å². The third-order valence-electron chi connectivity index (χ3n) is 4.90. The molecule has 2 aromatic carbocycles. The Bertz CT molecular complexity index is 847. The van der Waals surface area contributed by atoms with Crippen molar-refractivity contribution in [2.45, 2.75) is 20.4 Å². The highest BCUT2D eigenvalue weighted by atomic mass is 16.5. The fraction of sp³-hybridized carbons (Fsp3) is 0.350. The molecule has 0 bridgehead atoms. The first-order chi connectivity index (χ1) is 11.7. The average molecular weight is 321 g/mol. The van der Waals surface area contributed by atoms with Crippen LogP contribution in [0.3, 0.4) is 0 Å². The standard InChI is InChI=1S/C20H23N3O/c1-15-7-8-16(2)19(13-15)23-11-9-22(10-12-23)14-18-17-5-3-4-6-20(17)24-21-18/h3-8,13H,9-12,14H2,1-2H3. The molecular formula is C20H23N3O. The van der Waals surface area contributed by atoms with E-state index in [9.17, 15) is 0 Å². The number of nitrogens with zero attached hydrogens (tertiary/aromatic N) is 3. The van der Waals surface area contributed by atoms with Gasteiger partial charge in [0.05, 0.1) is 0 Å². The zero-order valence-corrected chi connectivity index (χ0v) is 14.3. The lowest BCUT2D eigenvalue weighted by Crippen LogP contribution is -2.46. The molecule has 0 aliphatic carbocycles. The second kappa shape index (κ2) is 6.29. The SMILES string of the molecule is Cc1ccc(C)c(N2CCN(Cc3noc4ccccc34)CC2)c1. The van der Waals surface area contributed by atoms with Gasteiger partial charge in [0.2, 0.25) is 0 Å². The first-order valence-electron chi connectivity index (χ1n) is 8.58. The first kappa shape index (κ1) is 15.2. The molecule has 0 unspecified atom stereocenters. The zero-order chi connectivity index (χ0) is 16.5. The molecule has 0 N–H and O–H groups in total. The van der Waals surface area contributed by atoms with Crippen LogP contribution in [-0.4, -0.2) is 36.2 Å². The van der Waals surface area contributed by atoms with E-state index in [2.05, 4.69) is 53.1 Å². The number of benzene rings is 2. The van der Waals surface area contributed by atoms with Gasteiger partial charge in [-0.25, -0.2) is 0 Å². The molecule has 1 fully saturated rings. The number of para-hydroxylation sites is 1. The average Bonchev–Trinajstić information content (AvgIpc) is 3.01. The number of piperazine rings is 1. The molecule has 1 aliphatic rings. The third-order valence-corrected chi connectivity index (χ3v) is 4.90. The van der Waals surface area contributed by atoms with Gasteiger partial charge in [0.15, 0.2) is 5.58 Å². The summed E-state index contributed by atoms with van der Waals surface area (Å²) in [5, 5.41) is 5.40. The van der Waals surface area contributed by atoms with Crippen LogP contribution in [0.15, 0.2) is 47.0 Å². The Labute approximate surface area is 142 Å². The van der Waals surface area contributed by atoms with Crippen molar-refractivity contribution in [2.75, 3.05) is 31.1 Å². The van der Waals surface area contributed by atoms with Crippen LogP contribution in [0.4, 0.5) is 5.69 Å². The highest BCUT2D eigenvalue weighted by Crippen LogP contribution is 2.24. The summed E-state index contributed by atoms with van der Waals surface area (Å²) in [6.45, 7) is 9.43. The lowest BCUT2D eigenvalue weighted by atomic mass is 10.1. The molecule has 124 valence electrons. The van der Waals surface area contributed by atoms with Crippen molar-refractivity contribution >= 4 is 16.7 Å². The van der Waals surface area contributed by atoms with Crippen molar-refractivity contribution in [1.29, 1.82) is 0 Å². The van der Waals surface area contributed by atoms with Gasteiger partial charge >= 0.3 is 0 Å². The molecule has 2 heterocycles. The maximum absolute atomic E-state index is 5.42. The van der Waals surface area contributed by atoms with Gasteiger partial charge in [-0.3, -0.25) is 4.90 Å². The summed E-state index contributed by atoms with van der Waals surface area (Å²) >= 11 is 0. The second-order valence-corrected chi connectivity index (χ2v) is 6.68. The largest absolute Gasteiger partial charge is 0.369 e. The lowest BCUT2D eigenvalue weighted by Gasteiger charge is -2.36. The molecule has 0 amide bonds. The Hall–Kier alpha value is -2.33. The van der Waals surface area contributed by atoms with Gasteiger partial charge in [-0.05, 0) is 43.2 Å². The molecule has 0 spiro atoms. The number of rotatable bonds is 3. The van der Waals surface area contributed by atoms with Crippen molar-refractivity contribution in [3.63, 3.8) is 0 Å². The Kier molecular flexibility index (Phi) is 3.98. The molecule has 0 radical (unpaired) electrons. The minimum Gasteiger partial charge on any atom is -0.369 e. The van der Waals surface area contributed by atoms with Crippen LogP contribution in [-0.2, 0) is 6.54 Å². The topological polar surface area (TPSA) is 32.5 Å². The zero-order valence-electron chi connectivity index (χ0n) is 14.3. The highest BCUT2D eigenvalue weighted by Gasteiger charge is 2.20. The molecule has 4 rings (SSSR count). The van der Waals surface area contributed by atoms with Crippen molar-refractivity contribution in [3.8, 4) is 0 Å². The molecule has 4 nitrogen and oxygen atoms in total. The predicted octanol–water partition coefficient (Wildman–Crippen LogP) is 3.77. The number of fused-ring (bicyclic) bond motifs is 1. The highest BCUT2D eigenvalue weighted by molar-refractivity contribution is 5.79. The molecule has 0 atom stereocenters. The van der Waals surface area contributed by atoms with Gasteiger partial charge in [-0.15, -0.1) is 0 Å². The van der Waals surface area contributed by atoms with Crippen LogP contribution in [0.5, 0.6) is 0 Å². The van der Waals surface area contributed by atoms with Gasteiger partial charge in [0.1, 0.15) is 5.69 Å². The Morgan fingerprint density at radius 2 is 1.79 bits per heavy atom. The minimum atomic E-state index is 0.859. The van der Waals surface area contributed by atoms with Crippen molar-refractivity contribution in [3.05, 3.63) is 59.3 Å². The van der Waals surface area contributed by atoms with E-state index in [1.807, 2.05) is 18.2 Å². The summed E-state index contributed by atoms with van der Waals surface area (Å²) in [7, 11) is 0. The number of hydrogen-bond acceptors (Lipinski definition) is 4. The molecule has 1 aliphatic heterocycles. The molecule has 0 saturated carbocycles. The molecule has 1 aromatic heterocycles. The summed E-state index contributed by atoms with van der Waals surface area (Å²) in [4.78, 5) is 4.96. The quantitative estimate of drug-likeness (QED) is 0.735. The van der Waals surface area contributed by atoms with E-state index in [1.165, 1.54) is 16.8 Å². The number of aromatic nitrogens is 1. The Morgan fingerprint density at radius 3 is 2.62 bits per heavy atom. The van der Waals surface area contributed by atoms with Crippen LogP contribution in [0.1, 0.15) is 16.8 Å². The van der Waals surface area contributed by atoms with E-state index >= 15 is 0 Å². The maximum Gasteiger partial charge on any atom is 0.167 e. The number of anilines is 1. The normalized spacial score (nSPS) is 16.0. The maximum atomic E-state index is 5.42. The Balaban J connectivity index is 1.44. The van der Waals surface area contributed by atoms with Gasteiger partial charge in [0.25, 0.3) is 0 Å². The first-order valence-corrected chi connectivity index (χ1v) is 8.58. The summed E-state index contributed by atoms with van der Waals surface area (Å²) in [6, 6.07) is 14.8. The van der Waals surface area contributed by atoms with Crippen molar-refractivity contribution in [1.82, 2.24) is 10.1 Å². The predicted molar refractivity (Wildman–Crippen MR) is 97.4 cm³/mol. The summed E-state index contributed by atoms with van der Waals surface area (Å²) in [5.41, 5.74) is 5.98. The van der Waals surface area contributed by atoms with Gasteiger partial charge < -0.3 is 9.42 Å². The summed E-state index contributed by atoms with van der Waals surface area (Å²) in [5.74, 6) is 0. The molecule has 24 heavy (non-hydrogen) atoms. The van der Waals surface area contributed by atoms with E-state index < -0.39 is 0 Å². The van der Waals surface area contributed by atoms with Crippen LogP contribution in [0.25, 0.3) is 11.0 Å². The molecule has 4 heteroatoms. The van der Waals surface area contributed by atoms with Gasteiger partial charge in [-0.1, -0.05) is 29.4 Å². The number of hydrogen-bond donors (Lipinski definition) is 0. The monoisotopic (exact) mass is 321 g/mol. The lowest BCUT2D eigenvalue weighted by molar-refractivity contribution is 0.243. The Morgan fingerprint density at radius 1 is 1.00 bits per heavy atom. The molecule has 3 aromatic rings. The summed E-state index contributed by atoms with van der Waals surface area (Å²) in [6.07, 6.45) is 0. The minimum absolute atomic E-state index is 0.859. The smallest absolute Gasteiger partial charge is 0.167 e. The van der Waals surface area contributed by atoms with Crippen LogP contribution < -0.4 is 4.90 Å². The van der Waals surface area contributed by atoms with Crippen LogP contribution in [0.2, 0.25) is 0 Å². The summed E-state index contributed by atoms with van der Waals surface area (Å²) < 4.78 is 5.42.